The van der Waals surface area contributed by atoms with Gasteiger partial charge in [0, 0.05) is 98.8 Å². The highest BCUT2D eigenvalue weighted by molar-refractivity contribution is 7.59. The minimum atomic E-state index is -0.981. The summed E-state index contributed by atoms with van der Waals surface area (Å²) in [5.74, 6) is 23.4. The van der Waals surface area contributed by atoms with Crippen molar-refractivity contribution in [2.75, 3.05) is 106 Å². The SMILES string of the molecule is C=CC(=O)Nc1cc2c(Nc3cccc(Cl)c3F)ncnc2cc1C#C[C@]1(C)CCCN(C)C1.C=CC(=O)O.CN1CCC[C@@](C)(C#Cc2cc3ncnc(Nc4cccc(Cl)c4F)c3cc2N)C1.CN1CCC[C@@](C)(C#Cc2cc3ncnc(Nc4cccc(Cl)c4F)c3cc2[N+](=O)[O-])C1.C[C@@]1(C#Cc2cc3ncnc(Nc4cccc(Cl)c4F)c3cc2[N+](=O)[O-])CCCNC1.S.S.S.S. The number of aromatic nitrogens is 8. The van der Waals surface area contributed by atoms with Gasteiger partial charge in [0.1, 0.15) is 59.7 Å². The third kappa shape index (κ3) is 28.4. The van der Waals surface area contributed by atoms with Crippen molar-refractivity contribution < 1.29 is 42.1 Å². The molecule has 12 aromatic rings. The topological polar surface area (TPSA) is 352 Å². The van der Waals surface area contributed by atoms with Crippen LogP contribution >= 0.6 is 100 Å². The van der Waals surface area contributed by atoms with E-state index in [1.165, 1.54) is 79.9 Å². The average molecular weight is 2000 g/mol. The van der Waals surface area contributed by atoms with Gasteiger partial charge in [-0.1, -0.05) is 131 Å². The second kappa shape index (κ2) is 48.9. The Labute approximate surface area is 832 Å². The van der Waals surface area contributed by atoms with Crippen LogP contribution in [0.4, 0.5) is 86.3 Å². The van der Waals surface area contributed by atoms with Crippen LogP contribution in [0.1, 0.15) is 101 Å². The number of nitrogens with two attached hydrogens (primary N) is 1. The third-order valence-electron chi connectivity index (χ3n) is 22.2. The first kappa shape index (κ1) is 109. The second-order valence-electron chi connectivity index (χ2n) is 33.2. The van der Waals surface area contributed by atoms with Crippen LogP contribution in [-0.4, -0.2) is 155 Å². The normalized spacial score (nSPS) is 17.6. The van der Waals surface area contributed by atoms with E-state index in [4.69, 9.17) is 57.2 Å². The molecule has 4 aliphatic heterocycles. The number of amides is 1. The van der Waals surface area contributed by atoms with Gasteiger partial charge in [-0.15, -0.1) is 0 Å². The van der Waals surface area contributed by atoms with E-state index >= 15 is 0 Å². The maximum absolute atomic E-state index is 14.5. The Morgan fingerprint density at radius 1 is 0.456 bits per heavy atom. The van der Waals surface area contributed by atoms with Crippen LogP contribution in [0.3, 0.4) is 0 Å². The number of nitro benzene ring substituents is 2. The average Bonchev–Trinajstić information content (AvgIpc) is 0.778. The van der Waals surface area contributed by atoms with E-state index in [1.807, 2.05) is 20.0 Å². The fraction of sp³-hybridized carbons (Fsp3) is 0.278. The van der Waals surface area contributed by atoms with Gasteiger partial charge in [0.2, 0.25) is 5.91 Å². The second-order valence-corrected chi connectivity index (χ2v) is 34.9. The molecule has 136 heavy (non-hydrogen) atoms. The number of carboxylic acid groups (broad SMARTS) is 1. The first-order valence-corrected chi connectivity index (χ1v) is 43.2. The van der Waals surface area contributed by atoms with E-state index in [0.717, 1.165) is 115 Å². The predicted molar refractivity (Wildman–Crippen MR) is 555 cm³/mol. The minimum Gasteiger partial charge on any atom is -0.478 e. The molecule has 0 unspecified atom stereocenters. The summed E-state index contributed by atoms with van der Waals surface area (Å²) in [6, 6.07) is 31.6. The number of carboxylic acids is 1. The molecular formula is C97H100Cl4F4N20O7S4. The number of hydrogen-bond donors (Lipinski definition) is 8. The van der Waals surface area contributed by atoms with Crippen molar-refractivity contribution in [3.05, 3.63) is 258 Å². The molecule has 0 bridgehead atoms. The van der Waals surface area contributed by atoms with Crippen molar-refractivity contribution in [3.63, 3.8) is 0 Å². The monoisotopic (exact) mass is 2000 g/mol. The summed E-state index contributed by atoms with van der Waals surface area (Å²) in [6.45, 7) is 22.5. The van der Waals surface area contributed by atoms with Crippen LogP contribution < -0.4 is 37.6 Å². The van der Waals surface area contributed by atoms with Crippen molar-refractivity contribution in [3.8, 4) is 47.4 Å². The van der Waals surface area contributed by atoms with Gasteiger partial charge in [0.25, 0.3) is 11.4 Å². The number of likely N-dealkylation sites (tertiary alicyclic amines) is 3. The lowest BCUT2D eigenvalue weighted by molar-refractivity contribution is -0.385. The molecule has 710 valence electrons. The number of halogens is 8. The Balaban J connectivity index is 0.000000217. The van der Waals surface area contributed by atoms with Crippen molar-refractivity contribution in [1.29, 1.82) is 0 Å². The van der Waals surface area contributed by atoms with Gasteiger partial charge >= 0.3 is 5.97 Å². The highest BCUT2D eigenvalue weighted by atomic mass is 35.5. The summed E-state index contributed by atoms with van der Waals surface area (Å²) >= 11 is 23.5. The number of carbonyl (C=O) groups excluding carboxylic acids is 1. The van der Waals surface area contributed by atoms with Gasteiger partial charge in [-0.05, 0) is 217 Å². The Hall–Kier alpha value is -12.3. The number of fused-ring (bicyclic) bond motifs is 4. The molecule has 4 fully saturated rings. The standard InChI is InChI=1S/C26H25ClFN5O.C23H21ClFN5O2.C23H23ClFN5.C22H19ClFN5O2.C3H4O2.4H2S/c1-4-23(34)31-21-14-18-22(13-17(21)9-11-26(2)10-6-12-33(3)15-26)29-16-30-25(18)32-20-8-5-7-19(27)24(20)28;1-23(8-4-10-29(2)13-23)9-7-15-11-19-16(12-20(15)30(31)32)22(27-14-26-19)28-18-6-3-5-17(24)21(18)25;1-23(8-4-10-30(2)13-23)9-7-15-11-20-16(12-18(15)26)22(28-14-27-20)29-19-6-3-5-17(24)21(19)25;1-22(7-3-9-25-12-22)8-6-14-10-18-15(11-19(14)29(30)31)21(27-13-26-18)28-17-5-2-4-16(23)20(17)24;1-2-3(4)5;;;;/h4-5,7-8,13-14,16H,1,6,10,12,15H2,2-3H3,(H,31,34)(H,29,30,32);3,5-6,11-12,14H,4,8,10,13H2,1-2H3,(H,26,27,28);3,5-6,11-12,14H,4,8,10,13,26H2,1-2H3,(H,27,28,29);2,4-5,10-11,13,25H,3,7,9,12H2,1H3,(H,26,27,28);2H,1H2,(H,4,5);4*1H2/t26-;2*23-;22-;;;;;/m0000...../s1. The van der Waals surface area contributed by atoms with Gasteiger partial charge < -0.3 is 57.4 Å². The lowest BCUT2D eigenvalue weighted by atomic mass is 9.82. The van der Waals surface area contributed by atoms with E-state index < -0.39 is 39.1 Å². The molecule has 8 heterocycles. The number of carbonyl (C=O) groups is 2. The van der Waals surface area contributed by atoms with E-state index in [0.29, 0.717) is 72.2 Å². The minimum absolute atomic E-state index is 0. The number of aliphatic carboxylic acids is 1. The summed E-state index contributed by atoms with van der Waals surface area (Å²) in [7, 11) is 6.27. The molecule has 4 saturated heterocycles. The zero-order valence-electron chi connectivity index (χ0n) is 75.1. The van der Waals surface area contributed by atoms with Crippen LogP contribution in [0.2, 0.25) is 20.1 Å². The fourth-order valence-electron chi connectivity index (χ4n) is 15.5. The Morgan fingerprint density at radius 2 is 0.757 bits per heavy atom. The van der Waals surface area contributed by atoms with Gasteiger partial charge in [-0.3, -0.25) is 25.0 Å². The molecule has 0 spiro atoms. The van der Waals surface area contributed by atoms with E-state index in [9.17, 15) is 47.4 Å². The van der Waals surface area contributed by atoms with Crippen LogP contribution in [-0.2, 0) is 9.59 Å². The number of anilines is 10. The molecule has 4 atom stereocenters. The highest BCUT2D eigenvalue weighted by Gasteiger charge is 2.32. The van der Waals surface area contributed by atoms with Crippen molar-refractivity contribution >= 4 is 225 Å². The molecule has 4 aliphatic rings. The number of nitrogens with one attached hydrogen (secondary N) is 6. The van der Waals surface area contributed by atoms with Crippen molar-refractivity contribution in [1.82, 2.24) is 59.9 Å². The number of rotatable bonds is 13. The van der Waals surface area contributed by atoms with Crippen LogP contribution in [0, 0.1) is 113 Å². The van der Waals surface area contributed by atoms with Crippen molar-refractivity contribution in [2.45, 2.75) is 79.1 Å². The molecular weight excluding hydrogens is 1900 g/mol. The first-order valence-electron chi connectivity index (χ1n) is 41.7. The lowest BCUT2D eigenvalue weighted by Crippen LogP contribution is -2.38. The summed E-state index contributed by atoms with van der Waals surface area (Å²) in [5, 5.41) is 51.0. The third-order valence-corrected chi connectivity index (χ3v) is 23.3. The van der Waals surface area contributed by atoms with E-state index in [1.54, 1.807) is 66.7 Å². The summed E-state index contributed by atoms with van der Waals surface area (Å²) in [5.41, 5.74) is 11.1. The molecule has 0 aliphatic carbocycles. The largest absolute Gasteiger partial charge is 0.478 e. The number of piperidine rings is 4. The number of benzene rings is 8. The Bertz CT molecular complexity index is 6780. The highest BCUT2D eigenvalue weighted by Crippen LogP contribution is 2.40. The van der Waals surface area contributed by atoms with Gasteiger partial charge in [0.05, 0.1) is 86.0 Å². The smallest absolute Gasteiger partial charge is 0.327 e. The first-order chi connectivity index (χ1) is 63.0. The predicted octanol–water partition coefficient (Wildman–Crippen LogP) is 20.9. The zero-order valence-corrected chi connectivity index (χ0v) is 82.1. The van der Waals surface area contributed by atoms with Gasteiger partial charge in [0.15, 0.2) is 23.3 Å². The van der Waals surface area contributed by atoms with Gasteiger partial charge in [-0.2, -0.15) is 54.0 Å². The summed E-state index contributed by atoms with van der Waals surface area (Å²) < 4.78 is 57.4. The van der Waals surface area contributed by atoms with Crippen LogP contribution in [0.25, 0.3) is 43.6 Å². The molecule has 39 heteroatoms. The van der Waals surface area contributed by atoms with E-state index in [2.05, 4.69) is 182 Å². The molecule has 4 aromatic heterocycles. The molecule has 0 saturated carbocycles. The molecule has 8 aromatic carbocycles. The molecule has 1 amide bonds. The Morgan fingerprint density at radius 3 is 1.07 bits per heavy atom. The number of hydrogen-bond acceptors (Lipinski definition) is 23. The number of nitrogens with zero attached hydrogens (tertiary/aromatic N) is 13. The molecule has 16 rings (SSSR count). The van der Waals surface area contributed by atoms with E-state index in [-0.39, 0.29) is 159 Å². The quantitative estimate of drug-likeness (QED) is 0.0133. The van der Waals surface area contributed by atoms with Crippen LogP contribution in [0.5, 0.6) is 0 Å². The molecule has 9 N–H and O–H groups in total. The van der Waals surface area contributed by atoms with Crippen molar-refractivity contribution in [2.24, 2.45) is 21.7 Å². The summed E-state index contributed by atoms with van der Waals surface area (Å²) in [4.78, 5) is 84.8. The lowest BCUT2D eigenvalue weighted by Gasteiger charge is -2.34. The molecule has 27 nitrogen and oxygen atoms in total. The maximum Gasteiger partial charge on any atom is 0.327 e. The zero-order chi connectivity index (χ0) is 94.8. The molecule has 0 radical (unpaired) electrons. The fourth-order valence-corrected chi connectivity index (χ4v) is 16.2. The van der Waals surface area contributed by atoms with Crippen LogP contribution in [0.15, 0.2) is 172 Å². The number of nitrogen functional groups attached to an aromatic ring is 1. The maximum atomic E-state index is 14.5. The van der Waals surface area contributed by atoms with Gasteiger partial charge in [-0.25, -0.2) is 62.2 Å². The number of nitro groups is 2. The Kier molecular flexibility index (Phi) is 39.2. The summed E-state index contributed by atoms with van der Waals surface area (Å²) in [6.07, 6.45) is 15.7.